The van der Waals surface area contributed by atoms with Gasteiger partial charge in [0.05, 0.1) is 22.4 Å². The van der Waals surface area contributed by atoms with Crippen LogP contribution in [0.5, 0.6) is 0 Å². The Bertz CT molecular complexity index is 3500. The average Bonchev–Trinajstić information content (AvgIpc) is 4.00. The first-order valence-corrected chi connectivity index (χ1v) is 20.5. The van der Waals surface area contributed by atoms with Crippen LogP contribution in [0.2, 0.25) is 0 Å². The first-order chi connectivity index (χ1) is 30.9. The van der Waals surface area contributed by atoms with E-state index < -0.39 is 6.85 Å². The molecule has 0 aliphatic rings. The molecule has 0 saturated heterocycles. The Balaban J connectivity index is 0.000000250. The largest absolute Gasteiger partial charge is 0.501 e. The molecule has 4 heterocycles. The van der Waals surface area contributed by atoms with Crippen LogP contribution in [0.4, 0.5) is 4.39 Å². The van der Waals surface area contributed by atoms with Gasteiger partial charge >= 0.3 is 0 Å². The zero-order valence-corrected chi connectivity index (χ0v) is 36.9. The second kappa shape index (κ2) is 16.7. The molecular weight excluding hydrogens is 946 g/mol. The van der Waals surface area contributed by atoms with E-state index in [0.717, 1.165) is 77.5 Å². The van der Waals surface area contributed by atoms with Gasteiger partial charge in [-0.2, -0.15) is 0 Å². The number of imidazole rings is 1. The van der Waals surface area contributed by atoms with Crippen LogP contribution in [0.15, 0.2) is 161 Å². The maximum atomic E-state index is 12.7. The smallest absolute Gasteiger partial charge is 0.140 e. The molecule has 0 saturated carbocycles. The van der Waals surface area contributed by atoms with Crippen molar-refractivity contribution in [1.82, 2.24) is 14.5 Å². The quantitative estimate of drug-likeness (QED) is 0.156. The molecular formula is C55H42FIrN3O2-2. The number of benzene rings is 7. The number of hydrogen-bond donors (Lipinski definition) is 0. The molecule has 11 rings (SSSR count). The minimum atomic E-state index is -2.15. The van der Waals surface area contributed by atoms with Crippen molar-refractivity contribution in [3.8, 4) is 39.5 Å². The maximum absolute atomic E-state index is 12.7. The van der Waals surface area contributed by atoms with Gasteiger partial charge in [0.25, 0.3) is 0 Å². The molecule has 4 aromatic heterocycles. The van der Waals surface area contributed by atoms with E-state index in [2.05, 4.69) is 140 Å². The van der Waals surface area contributed by atoms with Crippen molar-refractivity contribution in [3.63, 3.8) is 0 Å². The van der Waals surface area contributed by atoms with Crippen LogP contribution in [0.25, 0.3) is 94.4 Å². The summed E-state index contributed by atoms with van der Waals surface area (Å²) in [5.41, 5.74) is 13.5. The summed E-state index contributed by atoms with van der Waals surface area (Å²) in [7, 11) is 0. The summed E-state index contributed by atoms with van der Waals surface area (Å²) < 4.78 is 50.1. The third-order valence-corrected chi connectivity index (χ3v) is 11.3. The van der Waals surface area contributed by atoms with Crippen LogP contribution in [-0.4, -0.2) is 14.5 Å². The van der Waals surface area contributed by atoms with E-state index in [0.29, 0.717) is 11.3 Å². The van der Waals surface area contributed by atoms with E-state index in [4.69, 9.17) is 17.9 Å². The molecule has 0 bridgehead atoms. The fourth-order valence-corrected chi connectivity index (χ4v) is 8.38. The van der Waals surface area contributed by atoms with Crippen molar-refractivity contribution in [2.45, 2.75) is 46.4 Å². The maximum Gasteiger partial charge on any atom is 0.140 e. The van der Waals surface area contributed by atoms with Gasteiger partial charge in [-0.3, -0.25) is 9.37 Å². The fraction of sp³-hybridized carbons (Fsp3) is 0.127. The molecule has 0 aliphatic heterocycles. The zero-order chi connectivity index (χ0) is 44.3. The number of hydrogen-bond acceptors (Lipinski definition) is 4. The summed E-state index contributed by atoms with van der Waals surface area (Å²) in [6.45, 7) is 6.91. The molecule has 0 amide bonds. The predicted octanol–water partition coefficient (Wildman–Crippen LogP) is 15.2. The Labute approximate surface area is 377 Å². The molecule has 1 radical (unpaired) electrons. The van der Waals surface area contributed by atoms with Crippen LogP contribution >= 0.6 is 0 Å². The molecule has 11 aromatic rings. The van der Waals surface area contributed by atoms with Crippen molar-refractivity contribution < 1.29 is 37.4 Å². The van der Waals surface area contributed by atoms with Crippen molar-refractivity contribution in [2.24, 2.45) is 0 Å². The van der Waals surface area contributed by atoms with E-state index in [1.807, 2.05) is 24.3 Å². The monoisotopic (exact) mass is 991 g/mol. The van der Waals surface area contributed by atoms with Crippen LogP contribution in [-0.2, 0) is 20.1 Å². The van der Waals surface area contributed by atoms with Gasteiger partial charge in [0.15, 0.2) is 0 Å². The van der Waals surface area contributed by atoms with Crippen LogP contribution in [0, 0.1) is 24.8 Å². The number of para-hydroxylation sites is 3. The Morgan fingerprint density at radius 3 is 2.21 bits per heavy atom. The Kier molecular flexibility index (Phi) is 9.98. The first-order valence-electron chi connectivity index (χ1n) is 22.0. The first kappa shape index (κ1) is 37.1. The molecule has 0 spiro atoms. The number of aryl methyl sites for hydroxylation is 1. The van der Waals surface area contributed by atoms with Crippen molar-refractivity contribution in [3.05, 3.63) is 186 Å². The number of nitrogens with zero attached hydrogens (tertiary/aromatic N) is 3. The second-order valence-electron chi connectivity index (χ2n) is 15.9. The number of rotatable bonds is 6. The molecule has 307 valence electrons. The molecule has 0 fully saturated rings. The van der Waals surface area contributed by atoms with Crippen LogP contribution < -0.4 is 0 Å². The molecule has 0 unspecified atom stereocenters. The summed E-state index contributed by atoms with van der Waals surface area (Å²) in [5, 5.41) is 4.42. The van der Waals surface area contributed by atoms with Crippen molar-refractivity contribution >= 4 is 54.9 Å². The van der Waals surface area contributed by atoms with Crippen molar-refractivity contribution in [1.29, 1.82) is 0 Å². The van der Waals surface area contributed by atoms with Crippen molar-refractivity contribution in [2.75, 3.05) is 0 Å². The Morgan fingerprint density at radius 1 is 0.677 bits per heavy atom. The van der Waals surface area contributed by atoms with Gasteiger partial charge in [-0.15, -0.1) is 48.0 Å². The molecule has 0 aliphatic carbocycles. The molecule has 62 heavy (non-hydrogen) atoms. The standard InChI is InChI=1S/C43H33N2O2.C12H9FN.Ir/c1-25(2)33-24-34-30-22-21-28(27-13-6-5-7-14-27)23-38(30)47-42(34)39(26(3)4)40(33)45-36-19-10-9-18-35(36)44-43(45)32-17-12-16-31-29-15-8-11-20-37(29)46-41(31)32;1-9-2-7-12(14-8-9)10-3-5-11(13)6-4-10;/h5-16,18-26H,1-4H3;2-3,5-8H,1H3;/q2*-1;/i;1D3;. The van der Waals surface area contributed by atoms with Gasteiger partial charge < -0.3 is 18.4 Å². The van der Waals surface area contributed by atoms with E-state index in [1.165, 1.54) is 41.1 Å². The predicted molar refractivity (Wildman–Crippen MR) is 247 cm³/mol. The normalized spacial score (nSPS) is 12.5. The zero-order valence-electron chi connectivity index (χ0n) is 37.5. The van der Waals surface area contributed by atoms with Crippen LogP contribution in [0.3, 0.4) is 0 Å². The third kappa shape index (κ3) is 7.21. The Hall–Kier alpha value is -6.66. The molecule has 7 aromatic carbocycles. The summed E-state index contributed by atoms with van der Waals surface area (Å²) >= 11 is 0. The van der Waals surface area contributed by atoms with Gasteiger partial charge in [-0.25, -0.2) is 0 Å². The summed E-state index contributed by atoms with van der Waals surface area (Å²) in [5.74, 6) is 0.843. The second-order valence-corrected chi connectivity index (χ2v) is 15.9. The summed E-state index contributed by atoms with van der Waals surface area (Å²) in [4.78, 5) is 9.32. The number of fused-ring (bicyclic) bond motifs is 7. The average molecular weight is 991 g/mol. The summed E-state index contributed by atoms with van der Waals surface area (Å²) in [6.07, 6.45) is 1.31. The third-order valence-electron chi connectivity index (χ3n) is 11.3. The minimum absolute atomic E-state index is 0. The van der Waals surface area contributed by atoms with E-state index in [1.54, 1.807) is 12.1 Å². The van der Waals surface area contributed by atoms with E-state index in [-0.39, 0.29) is 43.3 Å². The number of halogens is 1. The van der Waals surface area contributed by atoms with Crippen LogP contribution in [0.1, 0.15) is 60.3 Å². The van der Waals surface area contributed by atoms with Gasteiger partial charge in [-0.1, -0.05) is 118 Å². The number of pyridine rings is 1. The number of furan rings is 2. The van der Waals surface area contributed by atoms with Gasteiger partial charge in [0, 0.05) is 63.6 Å². The Morgan fingerprint density at radius 2 is 1.45 bits per heavy atom. The molecule has 5 nitrogen and oxygen atoms in total. The molecule has 0 atom stereocenters. The molecule has 0 N–H and O–H groups in total. The molecule has 7 heteroatoms. The number of aromatic nitrogens is 3. The SMILES string of the molecule is CC(C)c1cc2c(oc3cc(-c4ccccc4)ccc32)c(C(C)C)c1-n1c(-c2[c-]ccc3c2oc2ccccc23)nc2ccccc21.[2H]C([2H])([2H])c1ccc(-c2[c-]cc(F)cc2)nc1.[Ir]. The topological polar surface area (TPSA) is 57.0 Å². The minimum Gasteiger partial charge on any atom is -0.501 e. The fourth-order valence-electron chi connectivity index (χ4n) is 8.38. The van der Waals surface area contributed by atoms with E-state index >= 15 is 0 Å². The van der Waals surface area contributed by atoms with Gasteiger partial charge in [0.1, 0.15) is 16.7 Å². The summed E-state index contributed by atoms with van der Waals surface area (Å²) in [6, 6.07) is 53.5. The van der Waals surface area contributed by atoms with Gasteiger partial charge in [-0.05, 0) is 83.0 Å². The van der Waals surface area contributed by atoms with Gasteiger partial charge in [0.2, 0.25) is 0 Å². The van der Waals surface area contributed by atoms with E-state index in [9.17, 15) is 4.39 Å².